The zero-order valence-electron chi connectivity index (χ0n) is 10.9. The monoisotopic (exact) mass is 249 g/mol. The molecule has 0 bridgehead atoms. The molecule has 1 aromatic rings. The van der Waals surface area contributed by atoms with E-state index in [0.717, 1.165) is 38.0 Å². The highest BCUT2D eigenvalue weighted by atomic mass is 19.1. The van der Waals surface area contributed by atoms with Crippen molar-refractivity contribution in [3.05, 3.63) is 35.6 Å². The van der Waals surface area contributed by atoms with Gasteiger partial charge >= 0.3 is 0 Å². The molecule has 0 aromatic heterocycles. The molecular weight excluding hydrogens is 229 g/mol. The van der Waals surface area contributed by atoms with Crippen LogP contribution in [0.3, 0.4) is 0 Å². The standard InChI is InChI=1S/C15H20FNO/c1-2-15(18)13-4-3-9-17(11-13)10-12-5-7-14(16)8-6-12/h5-8,13H,2-4,9-11H2,1H3. The first-order chi connectivity index (χ1) is 8.69. The third-order valence-electron chi connectivity index (χ3n) is 3.63. The largest absolute Gasteiger partial charge is 0.299 e. The Bertz CT molecular complexity index is 401. The van der Waals surface area contributed by atoms with E-state index in [1.807, 2.05) is 19.1 Å². The summed E-state index contributed by atoms with van der Waals surface area (Å²) in [4.78, 5) is 14.0. The Morgan fingerprint density at radius 1 is 1.39 bits per heavy atom. The highest BCUT2D eigenvalue weighted by Crippen LogP contribution is 2.20. The van der Waals surface area contributed by atoms with Crippen LogP contribution in [0.4, 0.5) is 4.39 Å². The number of ketones is 1. The smallest absolute Gasteiger partial charge is 0.136 e. The van der Waals surface area contributed by atoms with Crippen LogP contribution in [0.25, 0.3) is 0 Å². The number of carbonyl (C=O) groups is 1. The van der Waals surface area contributed by atoms with Crippen LogP contribution in [0.1, 0.15) is 31.7 Å². The highest BCUT2D eigenvalue weighted by Gasteiger charge is 2.24. The molecule has 98 valence electrons. The third kappa shape index (κ3) is 3.39. The Balaban J connectivity index is 1.93. The van der Waals surface area contributed by atoms with Crippen molar-refractivity contribution in [2.45, 2.75) is 32.7 Å². The maximum absolute atomic E-state index is 12.8. The van der Waals surface area contributed by atoms with Crippen LogP contribution in [0.2, 0.25) is 0 Å². The van der Waals surface area contributed by atoms with Crippen molar-refractivity contribution in [3.8, 4) is 0 Å². The summed E-state index contributed by atoms with van der Waals surface area (Å²) in [5, 5.41) is 0. The molecule has 2 rings (SSSR count). The lowest BCUT2D eigenvalue weighted by Gasteiger charge is -2.31. The van der Waals surface area contributed by atoms with Gasteiger partial charge in [-0.3, -0.25) is 9.69 Å². The van der Waals surface area contributed by atoms with Crippen LogP contribution in [-0.4, -0.2) is 23.8 Å². The summed E-state index contributed by atoms with van der Waals surface area (Å²) in [6.07, 6.45) is 2.74. The van der Waals surface area contributed by atoms with Crippen LogP contribution >= 0.6 is 0 Å². The number of hydrogen-bond acceptors (Lipinski definition) is 2. The van der Waals surface area contributed by atoms with E-state index in [1.54, 1.807) is 0 Å². The molecule has 3 heteroatoms. The number of hydrogen-bond donors (Lipinski definition) is 0. The van der Waals surface area contributed by atoms with Crippen molar-refractivity contribution in [1.82, 2.24) is 4.90 Å². The second-order valence-corrected chi connectivity index (χ2v) is 5.02. The summed E-state index contributed by atoms with van der Waals surface area (Å²) in [6.45, 7) is 4.63. The fourth-order valence-corrected chi connectivity index (χ4v) is 2.60. The summed E-state index contributed by atoms with van der Waals surface area (Å²) < 4.78 is 12.8. The predicted molar refractivity (Wildman–Crippen MR) is 69.7 cm³/mol. The Labute approximate surface area is 108 Å². The van der Waals surface area contributed by atoms with Gasteiger partial charge < -0.3 is 0 Å². The lowest BCUT2D eigenvalue weighted by Crippen LogP contribution is -2.38. The fraction of sp³-hybridized carbons (Fsp3) is 0.533. The molecule has 2 nitrogen and oxygen atoms in total. The average Bonchev–Trinajstić information content (AvgIpc) is 2.41. The number of carbonyl (C=O) groups excluding carboxylic acids is 1. The minimum absolute atomic E-state index is 0.198. The number of nitrogens with zero attached hydrogens (tertiary/aromatic N) is 1. The molecule has 18 heavy (non-hydrogen) atoms. The van der Waals surface area contributed by atoms with Crippen molar-refractivity contribution in [2.75, 3.05) is 13.1 Å². The van der Waals surface area contributed by atoms with Gasteiger partial charge in [0, 0.05) is 25.4 Å². The molecule has 0 saturated carbocycles. The van der Waals surface area contributed by atoms with E-state index in [9.17, 15) is 9.18 Å². The van der Waals surface area contributed by atoms with Crippen LogP contribution in [0.15, 0.2) is 24.3 Å². The van der Waals surface area contributed by atoms with Crippen molar-refractivity contribution in [1.29, 1.82) is 0 Å². The van der Waals surface area contributed by atoms with Gasteiger partial charge in [0.25, 0.3) is 0 Å². The second-order valence-electron chi connectivity index (χ2n) is 5.02. The van der Waals surface area contributed by atoms with Gasteiger partial charge in [0.05, 0.1) is 0 Å². The van der Waals surface area contributed by atoms with Gasteiger partial charge in [-0.2, -0.15) is 0 Å². The SMILES string of the molecule is CCC(=O)C1CCCN(Cc2ccc(F)cc2)C1. The molecule has 0 spiro atoms. The molecule has 1 fully saturated rings. The zero-order chi connectivity index (χ0) is 13.0. The molecule has 1 saturated heterocycles. The number of rotatable bonds is 4. The van der Waals surface area contributed by atoms with E-state index in [1.165, 1.54) is 12.1 Å². The van der Waals surface area contributed by atoms with E-state index in [4.69, 9.17) is 0 Å². The van der Waals surface area contributed by atoms with Gasteiger partial charge in [0.1, 0.15) is 11.6 Å². The van der Waals surface area contributed by atoms with Crippen molar-refractivity contribution < 1.29 is 9.18 Å². The molecule has 1 aromatic carbocycles. The van der Waals surface area contributed by atoms with Crippen LogP contribution < -0.4 is 0 Å². The first-order valence-corrected chi connectivity index (χ1v) is 6.68. The molecule has 0 radical (unpaired) electrons. The second kappa shape index (κ2) is 6.10. The molecule has 1 unspecified atom stereocenters. The Morgan fingerprint density at radius 2 is 2.11 bits per heavy atom. The van der Waals surface area contributed by atoms with E-state index < -0.39 is 0 Å². The van der Waals surface area contributed by atoms with Crippen LogP contribution in [0.5, 0.6) is 0 Å². The quantitative estimate of drug-likeness (QED) is 0.817. The van der Waals surface area contributed by atoms with Crippen molar-refractivity contribution in [2.24, 2.45) is 5.92 Å². The van der Waals surface area contributed by atoms with Gasteiger partial charge in [0.2, 0.25) is 0 Å². The number of benzene rings is 1. The first kappa shape index (κ1) is 13.2. The minimum atomic E-state index is -0.198. The molecular formula is C15H20FNO. The molecule has 1 aliphatic rings. The van der Waals surface area contributed by atoms with E-state index in [0.29, 0.717) is 12.2 Å². The summed E-state index contributed by atoms with van der Waals surface area (Å²) >= 11 is 0. The van der Waals surface area contributed by atoms with Gasteiger partial charge in [-0.1, -0.05) is 19.1 Å². The molecule has 1 atom stereocenters. The van der Waals surface area contributed by atoms with E-state index >= 15 is 0 Å². The minimum Gasteiger partial charge on any atom is -0.299 e. The lowest BCUT2D eigenvalue weighted by atomic mass is 9.92. The Kier molecular flexibility index (Phi) is 4.48. The number of piperidine rings is 1. The van der Waals surface area contributed by atoms with Gasteiger partial charge in [0.15, 0.2) is 0 Å². The van der Waals surface area contributed by atoms with Gasteiger partial charge in [-0.05, 0) is 37.1 Å². The molecule has 0 aliphatic carbocycles. The predicted octanol–water partition coefficient (Wildman–Crippen LogP) is 3.02. The topological polar surface area (TPSA) is 20.3 Å². The average molecular weight is 249 g/mol. The highest BCUT2D eigenvalue weighted by molar-refractivity contribution is 5.80. The Morgan fingerprint density at radius 3 is 2.78 bits per heavy atom. The normalized spacial score (nSPS) is 20.9. The fourth-order valence-electron chi connectivity index (χ4n) is 2.60. The summed E-state index contributed by atoms with van der Waals surface area (Å²) in [5.74, 6) is 0.374. The molecule has 0 N–H and O–H groups in total. The lowest BCUT2D eigenvalue weighted by molar-refractivity contribution is -0.124. The maximum atomic E-state index is 12.8. The molecule has 1 heterocycles. The van der Waals surface area contributed by atoms with E-state index in [2.05, 4.69) is 4.90 Å². The first-order valence-electron chi connectivity index (χ1n) is 6.68. The number of Topliss-reactive ketones (excluding diaryl/α,β-unsaturated/α-hetero) is 1. The van der Waals surface area contributed by atoms with Gasteiger partial charge in [-0.25, -0.2) is 4.39 Å². The van der Waals surface area contributed by atoms with Crippen LogP contribution in [-0.2, 0) is 11.3 Å². The number of likely N-dealkylation sites (tertiary alicyclic amines) is 1. The summed E-state index contributed by atoms with van der Waals surface area (Å²) in [5.41, 5.74) is 1.11. The van der Waals surface area contributed by atoms with Crippen molar-refractivity contribution >= 4 is 5.78 Å². The van der Waals surface area contributed by atoms with Crippen LogP contribution in [0, 0.1) is 11.7 Å². The van der Waals surface area contributed by atoms with E-state index in [-0.39, 0.29) is 11.7 Å². The summed E-state index contributed by atoms with van der Waals surface area (Å²) in [7, 11) is 0. The zero-order valence-corrected chi connectivity index (χ0v) is 10.9. The Hall–Kier alpha value is -1.22. The maximum Gasteiger partial charge on any atom is 0.136 e. The number of halogens is 1. The van der Waals surface area contributed by atoms with Gasteiger partial charge in [-0.15, -0.1) is 0 Å². The van der Waals surface area contributed by atoms with Crippen molar-refractivity contribution in [3.63, 3.8) is 0 Å². The summed E-state index contributed by atoms with van der Waals surface area (Å²) in [6, 6.07) is 6.63. The molecule has 0 amide bonds. The third-order valence-corrected chi connectivity index (χ3v) is 3.63. The molecule has 1 aliphatic heterocycles.